The van der Waals surface area contributed by atoms with E-state index in [-0.39, 0.29) is 11.4 Å². The summed E-state index contributed by atoms with van der Waals surface area (Å²) in [5, 5.41) is 3.58. The molecule has 122 valence electrons. The number of hydrogen-bond donors (Lipinski definition) is 1. The summed E-state index contributed by atoms with van der Waals surface area (Å²) < 4.78 is 5.34. The number of halogens is 1. The second-order valence-electron chi connectivity index (χ2n) is 7.08. The van der Waals surface area contributed by atoms with Crippen LogP contribution in [0.1, 0.15) is 54.4 Å². The molecule has 0 atom stereocenters. The Balaban J connectivity index is 1.58. The summed E-state index contributed by atoms with van der Waals surface area (Å²) in [4.78, 5) is 16.5. The Morgan fingerprint density at radius 3 is 2.57 bits per heavy atom. The summed E-state index contributed by atoms with van der Waals surface area (Å²) in [6.07, 6.45) is 7.67. The maximum Gasteiger partial charge on any atom is 0.337 e. The lowest BCUT2D eigenvalue weighted by Gasteiger charge is -2.51. The predicted molar refractivity (Wildman–Crippen MR) is 99.4 cm³/mol. The minimum atomic E-state index is -0.292. The molecule has 0 saturated heterocycles. The molecule has 1 heterocycles. The standard InChI is InChI=1S/C18H21IN2O2/c1-23-15(22)12-2-3-14-13(10-12)11-20-16(21-14)17-4-7-18(19,8-5-17)9-6-17/h2-3,10H,4-9,11H2,1H3,(H,20,21). The first kappa shape index (κ1) is 15.4. The first-order chi connectivity index (χ1) is 11.0. The largest absolute Gasteiger partial charge is 0.465 e. The van der Waals surface area contributed by atoms with Crippen LogP contribution in [-0.2, 0) is 11.3 Å². The average molecular weight is 424 g/mol. The van der Waals surface area contributed by atoms with Crippen molar-refractivity contribution in [2.75, 3.05) is 12.4 Å². The number of methoxy groups -OCH3 is 1. The molecule has 1 N–H and O–H groups in total. The summed E-state index contributed by atoms with van der Waals surface area (Å²) in [6, 6.07) is 5.71. The van der Waals surface area contributed by atoms with Crippen molar-refractivity contribution < 1.29 is 9.53 Å². The highest BCUT2D eigenvalue weighted by Crippen LogP contribution is 2.57. The number of fused-ring (bicyclic) bond motifs is 4. The van der Waals surface area contributed by atoms with Gasteiger partial charge in [0.15, 0.2) is 0 Å². The minimum absolute atomic E-state index is 0.256. The van der Waals surface area contributed by atoms with Gasteiger partial charge in [-0.1, -0.05) is 22.6 Å². The van der Waals surface area contributed by atoms with Gasteiger partial charge in [-0.2, -0.15) is 0 Å². The Labute approximate surface area is 150 Å². The normalized spacial score (nSPS) is 31.8. The maximum atomic E-state index is 11.7. The number of nitrogens with zero attached hydrogens (tertiary/aromatic N) is 1. The van der Waals surface area contributed by atoms with Gasteiger partial charge in [-0.25, -0.2) is 4.79 Å². The SMILES string of the molecule is COC(=O)c1ccc2c(c1)CN=C(C13CCC(I)(CC1)CC3)N2. The molecule has 0 amide bonds. The lowest BCUT2D eigenvalue weighted by molar-refractivity contribution is 0.0600. The van der Waals surface area contributed by atoms with Gasteiger partial charge in [-0.15, -0.1) is 0 Å². The van der Waals surface area contributed by atoms with Gasteiger partial charge in [0, 0.05) is 14.5 Å². The number of carbonyl (C=O) groups excluding carboxylic acids is 1. The van der Waals surface area contributed by atoms with Crippen molar-refractivity contribution in [1.82, 2.24) is 0 Å². The highest BCUT2D eigenvalue weighted by atomic mass is 127. The van der Waals surface area contributed by atoms with Gasteiger partial charge in [0.05, 0.1) is 19.2 Å². The second-order valence-corrected chi connectivity index (χ2v) is 9.37. The number of alkyl halides is 1. The Kier molecular flexibility index (Phi) is 3.66. The molecule has 5 rings (SSSR count). The van der Waals surface area contributed by atoms with Crippen LogP contribution >= 0.6 is 22.6 Å². The number of ether oxygens (including phenoxy) is 1. The monoisotopic (exact) mass is 424 g/mol. The summed E-state index contributed by atoms with van der Waals surface area (Å²) in [5.41, 5.74) is 3.01. The average Bonchev–Trinajstić information content (AvgIpc) is 2.61. The fourth-order valence-electron chi connectivity index (χ4n) is 4.22. The molecule has 0 unspecified atom stereocenters. The van der Waals surface area contributed by atoms with E-state index in [9.17, 15) is 4.79 Å². The summed E-state index contributed by atoms with van der Waals surface area (Å²) >= 11 is 2.68. The van der Waals surface area contributed by atoms with E-state index in [4.69, 9.17) is 9.73 Å². The van der Waals surface area contributed by atoms with Crippen LogP contribution in [0.15, 0.2) is 23.2 Å². The molecule has 1 aromatic rings. The Morgan fingerprint density at radius 2 is 1.91 bits per heavy atom. The topological polar surface area (TPSA) is 50.7 Å². The zero-order valence-corrected chi connectivity index (χ0v) is 15.5. The quantitative estimate of drug-likeness (QED) is 0.437. The van der Waals surface area contributed by atoms with Crippen molar-refractivity contribution in [2.24, 2.45) is 10.4 Å². The van der Waals surface area contributed by atoms with E-state index in [0.29, 0.717) is 15.5 Å². The van der Waals surface area contributed by atoms with Crippen molar-refractivity contribution in [3.8, 4) is 0 Å². The number of rotatable bonds is 2. The first-order valence-corrected chi connectivity index (χ1v) is 9.34. The summed E-state index contributed by atoms with van der Waals surface area (Å²) in [5.74, 6) is 0.882. The second kappa shape index (κ2) is 5.46. The molecular formula is C18H21IN2O2. The smallest absolute Gasteiger partial charge is 0.337 e. The van der Waals surface area contributed by atoms with Crippen molar-refractivity contribution in [3.05, 3.63) is 29.3 Å². The van der Waals surface area contributed by atoms with Crippen molar-refractivity contribution >= 4 is 40.1 Å². The lowest BCUT2D eigenvalue weighted by atomic mass is 9.60. The van der Waals surface area contributed by atoms with Gasteiger partial charge in [0.2, 0.25) is 0 Å². The fourth-order valence-corrected chi connectivity index (χ4v) is 5.03. The molecule has 0 radical (unpaired) electrons. The number of amidine groups is 1. The Bertz CT molecular complexity index is 674. The van der Waals surface area contributed by atoms with Crippen LogP contribution in [0.4, 0.5) is 5.69 Å². The zero-order valence-electron chi connectivity index (χ0n) is 13.3. The molecule has 2 bridgehead atoms. The third-order valence-corrected chi connectivity index (χ3v) is 7.46. The van der Waals surface area contributed by atoms with E-state index in [0.717, 1.165) is 11.3 Å². The van der Waals surface area contributed by atoms with E-state index < -0.39 is 0 Å². The molecule has 3 fully saturated rings. The van der Waals surface area contributed by atoms with E-state index in [2.05, 4.69) is 27.9 Å². The molecule has 1 aliphatic heterocycles. The van der Waals surface area contributed by atoms with Gasteiger partial charge in [-0.05, 0) is 62.3 Å². The highest BCUT2D eigenvalue weighted by Gasteiger charge is 2.50. The van der Waals surface area contributed by atoms with Crippen molar-refractivity contribution in [3.63, 3.8) is 0 Å². The molecule has 0 spiro atoms. The molecule has 23 heavy (non-hydrogen) atoms. The maximum absolute atomic E-state index is 11.7. The molecule has 4 nitrogen and oxygen atoms in total. The number of nitrogens with one attached hydrogen (secondary N) is 1. The van der Waals surface area contributed by atoms with Crippen LogP contribution in [0.2, 0.25) is 0 Å². The van der Waals surface area contributed by atoms with Gasteiger partial charge in [-0.3, -0.25) is 4.99 Å². The van der Waals surface area contributed by atoms with Crippen LogP contribution in [-0.4, -0.2) is 22.3 Å². The Morgan fingerprint density at radius 1 is 1.22 bits per heavy atom. The van der Waals surface area contributed by atoms with E-state index >= 15 is 0 Å². The van der Waals surface area contributed by atoms with E-state index in [1.807, 2.05) is 18.2 Å². The fraction of sp³-hybridized carbons (Fsp3) is 0.556. The summed E-state index contributed by atoms with van der Waals surface area (Å²) in [6.45, 7) is 0.652. The van der Waals surface area contributed by atoms with Crippen molar-refractivity contribution in [1.29, 1.82) is 0 Å². The van der Waals surface area contributed by atoms with E-state index in [1.165, 1.54) is 51.5 Å². The number of hydrogen-bond acceptors (Lipinski definition) is 4. The molecule has 5 heteroatoms. The number of carbonyl (C=O) groups is 1. The van der Waals surface area contributed by atoms with Crippen LogP contribution < -0.4 is 5.32 Å². The van der Waals surface area contributed by atoms with E-state index in [1.54, 1.807) is 0 Å². The van der Waals surface area contributed by atoms with Gasteiger partial charge in [0.25, 0.3) is 0 Å². The zero-order chi connectivity index (χ0) is 16.1. The van der Waals surface area contributed by atoms with Gasteiger partial charge < -0.3 is 10.1 Å². The minimum Gasteiger partial charge on any atom is -0.465 e. The van der Waals surface area contributed by atoms with Crippen molar-refractivity contribution in [2.45, 2.75) is 48.5 Å². The number of benzene rings is 1. The first-order valence-electron chi connectivity index (χ1n) is 8.26. The molecule has 3 saturated carbocycles. The molecule has 1 aromatic carbocycles. The number of esters is 1. The Hall–Kier alpha value is -1.11. The van der Waals surface area contributed by atoms with Crippen LogP contribution in [0.25, 0.3) is 0 Å². The lowest BCUT2D eigenvalue weighted by Crippen LogP contribution is -2.49. The third kappa shape index (κ3) is 2.57. The molecule has 0 aromatic heterocycles. The number of aliphatic imine (C=N–C) groups is 1. The van der Waals surface area contributed by atoms with Gasteiger partial charge >= 0.3 is 5.97 Å². The van der Waals surface area contributed by atoms with Crippen LogP contribution in [0, 0.1) is 5.41 Å². The van der Waals surface area contributed by atoms with Crippen LogP contribution in [0.3, 0.4) is 0 Å². The third-order valence-electron chi connectivity index (χ3n) is 5.84. The molecule has 4 aliphatic rings. The number of anilines is 1. The molecular weight excluding hydrogens is 403 g/mol. The highest BCUT2D eigenvalue weighted by molar-refractivity contribution is 14.1. The molecule has 3 aliphatic carbocycles. The van der Waals surface area contributed by atoms with Gasteiger partial charge in [0.1, 0.15) is 5.84 Å². The summed E-state index contributed by atoms with van der Waals surface area (Å²) in [7, 11) is 1.41. The predicted octanol–water partition coefficient (Wildman–Crippen LogP) is 4.33. The van der Waals surface area contributed by atoms with Crippen LogP contribution in [0.5, 0.6) is 0 Å².